The number of hydrogen-bond acceptors (Lipinski definition) is 7. The third kappa shape index (κ3) is 6.40. The van der Waals surface area contributed by atoms with E-state index in [1.54, 1.807) is 13.2 Å². The molecule has 1 heterocycles. The monoisotopic (exact) mass is 607 g/mol. The van der Waals surface area contributed by atoms with Gasteiger partial charge < -0.3 is 24.8 Å². The standard InChI is InChI=1S/C31H34BrN3O5/c1-5-7-19-11-25-30(27(36)12-19)29(23(15-33)18(2)34-25)21-13-24(32)31(26(14-21)35-28(37)17-38-3)40-16-20-8-6-9-22(10-20)39-4/h6,8-10,13-14,19,29,34H,5,7,11-12,16-17H2,1-4H3,(H,35,37). The number of allylic oxidation sites excluding steroid dienone is 4. The number of anilines is 1. The van der Waals surface area contributed by atoms with Crippen molar-refractivity contribution in [2.75, 3.05) is 26.1 Å². The van der Waals surface area contributed by atoms with E-state index in [2.05, 4.69) is 39.6 Å². The first-order valence-corrected chi connectivity index (χ1v) is 14.1. The Bertz CT molecular complexity index is 1410. The summed E-state index contributed by atoms with van der Waals surface area (Å²) in [7, 11) is 3.05. The van der Waals surface area contributed by atoms with Gasteiger partial charge in [0.1, 0.15) is 19.0 Å². The van der Waals surface area contributed by atoms with Crippen molar-refractivity contribution in [3.63, 3.8) is 0 Å². The predicted octanol–water partition coefficient (Wildman–Crippen LogP) is 6.14. The van der Waals surface area contributed by atoms with Gasteiger partial charge in [0.25, 0.3) is 0 Å². The molecule has 0 saturated heterocycles. The number of ketones is 1. The zero-order valence-corrected chi connectivity index (χ0v) is 24.8. The number of Topliss-reactive ketones (excluding diaryl/α,β-unsaturated/α-hetero) is 1. The van der Waals surface area contributed by atoms with E-state index in [0.29, 0.717) is 44.8 Å². The topological polar surface area (TPSA) is 110 Å². The minimum Gasteiger partial charge on any atom is -0.497 e. The van der Waals surface area contributed by atoms with Crippen LogP contribution in [0.5, 0.6) is 11.5 Å². The SMILES string of the molecule is CCCC1CC(=O)C2=C(C1)NC(C)=C(C#N)C2c1cc(Br)c(OCc2cccc(OC)c2)c(NC(=O)COC)c1. The summed E-state index contributed by atoms with van der Waals surface area (Å²) in [6.45, 7) is 4.08. The average Bonchev–Trinajstić information content (AvgIpc) is 2.92. The Balaban J connectivity index is 1.77. The van der Waals surface area contributed by atoms with E-state index in [1.165, 1.54) is 7.11 Å². The van der Waals surface area contributed by atoms with Gasteiger partial charge in [-0.2, -0.15) is 5.26 Å². The lowest BCUT2D eigenvalue weighted by molar-refractivity contribution is -0.119. The van der Waals surface area contributed by atoms with Gasteiger partial charge in [-0.1, -0.05) is 25.5 Å². The second kappa shape index (κ2) is 13.2. The summed E-state index contributed by atoms with van der Waals surface area (Å²) < 4.78 is 17.1. The Morgan fingerprint density at radius 1 is 1.23 bits per heavy atom. The van der Waals surface area contributed by atoms with E-state index in [4.69, 9.17) is 14.2 Å². The molecule has 2 atom stereocenters. The van der Waals surface area contributed by atoms with Gasteiger partial charge in [0.05, 0.1) is 34.8 Å². The van der Waals surface area contributed by atoms with Crippen LogP contribution in [0.4, 0.5) is 5.69 Å². The zero-order chi connectivity index (χ0) is 28.8. The van der Waals surface area contributed by atoms with Crippen LogP contribution < -0.4 is 20.1 Å². The molecule has 0 saturated carbocycles. The van der Waals surface area contributed by atoms with Crippen molar-refractivity contribution >= 4 is 33.3 Å². The molecule has 0 radical (unpaired) electrons. The smallest absolute Gasteiger partial charge is 0.250 e. The second-order valence-corrected chi connectivity index (χ2v) is 10.9. The fraction of sp³-hybridized carbons (Fsp3) is 0.387. The lowest BCUT2D eigenvalue weighted by atomic mass is 9.72. The Morgan fingerprint density at radius 2 is 2.02 bits per heavy atom. The molecule has 0 bridgehead atoms. The summed E-state index contributed by atoms with van der Waals surface area (Å²) in [5, 5.41) is 16.4. The van der Waals surface area contributed by atoms with Crippen molar-refractivity contribution in [2.45, 2.75) is 52.1 Å². The molecular formula is C31H34BrN3O5. The molecule has 2 aliphatic rings. The highest BCUT2D eigenvalue weighted by atomic mass is 79.9. The first-order valence-electron chi connectivity index (χ1n) is 13.3. The van der Waals surface area contributed by atoms with Gasteiger partial charge in [-0.15, -0.1) is 0 Å². The van der Waals surface area contributed by atoms with Crippen molar-refractivity contribution in [3.05, 3.63) is 74.5 Å². The van der Waals surface area contributed by atoms with Crippen LogP contribution in [0.3, 0.4) is 0 Å². The van der Waals surface area contributed by atoms with Crippen molar-refractivity contribution in [2.24, 2.45) is 5.92 Å². The largest absolute Gasteiger partial charge is 0.497 e. The third-order valence-corrected chi connectivity index (χ3v) is 7.78. The average molecular weight is 609 g/mol. The number of rotatable bonds is 10. The fourth-order valence-electron chi connectivity index (χ4n) is 5.47. The number of nitrogens with zero attached hydrogens (tertiary/aromatic N) is 1. The number of carbonyl (C=O) groups excluding carboxylic acids is 2. The van der Waals surface area contributed by atoms with E-state index in [-0.39, 0.29) is 30.8 Å². The van der Waals surface area contributed by atoms with Crippen LogP contribution in [-0.2, 0) is 20.9 Å². The number of ether oxygens (including phenoxy) is 3. The lowest BCUT2D eigenvalue weighted by Crippen LogP contribution is -2.34. The van der Waals surface area contributed by atoms with Crippen LogP contribution in [-0.4, -0.2) is 32.5 Å². The summed E-state index contributed by atoms with van der Waals surface area (Å²) >= 11 is 3.64. The maximum atomic E-state index is 13.5. The van der Waals surface area contributed by atoms with Crippen LogP contribution in [0.15, 0.2) is 63.4 Å². The molecule has 2 unspecified atom stereocenters. The lowest BCUT2D eigenvalue weighted by Gasteiger charge is -2.35. The highest BCUT2D eigenvalue weighted by Gasteiger charge is 2.39. The van der Waals surface area contributed by atoms with E-state index in [1.807, 2.05) is 37.3 Å². The quantitative estimate of drug-likeness (QED) is 0.334. The van der Waals surface area contributed by atoms with E-state index >= 15 is 0 Å². The number of carbonyl (C=O) groups is 2. The van der Waals surface area contributed by atoms with E-state index < -0.39 is 5.92 Å². The van der Waals surface area contributed by atoms with Gasteiger partial charge in [-0.25, -0.2) is 0 Å². The Hall–Kier alpha value is -3.61. The number of nitriles is 1. The summed E-state index contributed by atoms with van der Waals surface area (Å²) in [5.41, 5.74) is 4.73. The molecule has 40 heavy (non-hydrogen) atoms. The number of amides is 1. The highest BCUT2D eigenvalue weighted by Crippen LogP contribution is 2.47. The van der Waals surface area contributed by atoms with Gasteiger partial charge in [-0.05, 0) is 77.0 Å². The Labute approximate surface area is 243 Å². The van der Waals surface area contributed by atoms with Crippen LogP contribution in [0.2, 0.25) is 0 Å². The summed E-state index contributed by atoms with van der Waals surface area (Å²) in [5.74, 6) is 0.560. The molecular weight excluding hydrogens is 574 g/mol. The number of halogens is 1. The minimum absolute atomic E-state index is 0.0527. The molecule has 0 spiro atoms. The fourth-order valence-corrected chi connectivity index (χ4v) is 6.06. The molecule has 210 valence electrons. The number of methoxy groups -OCH3 is 2. The zero-order valence-electron chi connectivity index (χ0n) is 23.2. The third-order valence-electron chi connectivity index (χ3n) is 7.20. The van der Waals surface area contributed by atoms with Crippen molar-refractivity contribution in [1.29, 1.82) is 5.26 Å². The van der Waals surface area contributed by atoms with Crippen molar-refractivity contribution < 1.29 is 23.8 Å². The van der Waals surface area contributed by atoms with Crippen LogP contribution in [0, 0.1) is 17.2 Å². The van der Waals surface area contributed by atoms with Crippen LogP contribution in [0.1, 0.15) is 56.6 Å². The Morgan fingerprint density at radius 3 is 2.73 bits per heavy atom. The van der Waals surface area contributed by atoms with Gasteiger partial charge in [-0.3, -0.25) is 9.59 Å². The molecule has 1 aliphatic heterocycles. The maximum Gasteiger partial charge on any atom is 0.250 e. The van der Waals surface area contributed by atoms with Crippen molar-refractivity contribution in [1.82, 2.24) is 5.32 Å². The molecule has 0 aromatic heterocycles. The molecule has 9 heteroatoms. The van der Waals surface area contributed by atoms with E-state index in [0.717, 1.165) is 36.2 Å². The predicted molar refractivity (Wildman–Crippen MR) is 156 cm³/mol. The van der Waals surface area contributed by atoms with Crippen LogP contribution in [0.25, 0.3) is 0 Å². The van der Waals surface area contributed by atoms with Gasteiger partial charge in [0.15, 0.2) is 11.5 Å². The summed E-state index contributed by atoms with van der Waals surface area (Å²) in [6.07, 6.45) is 3.21. The van der Waals surface area contributed by atoms with Gasteiger partial charge in [0.2, 0.25) is 5.91 Å². The number of nitrogens with one attached hydrogen (secondary N) is 2. The molecule has 2 aromatic rings. The second-order valence-electron chi connectivity index (χ2n) is 10.1. The number of benzene rings is 2. The van der Waals surface area contributed by atoms with E-state index in [9.17, 15) is 14.9 Å². The first kappa shape index (κ1) is 29.4. The Kier molecular flexibility index (Phi) is 9.67. The summed E-state index contributed by atoms with van der Waals surface area (Å²) in [4.78, 5) is 26.1. The number of hydrogen-bond donors (Lipinski definition) is 2. The number of dihydropyridines is 1. The van der Waals surface area contributed by atoms with Gasteiger partial charge in [0, 0.05) is 30.5 Å². The maximum absolute atomic E-state index is 13.5. The molecule has 0 fully saturated rings. The highest BCUT2D eigenvalue weighted by molar-refractivity contribution is 9.10. The molecule has 1 amide bonds. The van der Waals surface area contributed by atoms with Crippen LogP contribution >= 0.6 is 15.9 Å². The molecule has 2 aromatic carbocycles. The summed E-state index contributed by atoms with van der Waals surface area (Å²) in [6, 6.07) is 13.5. The molecule has 2 N–H and O–H groups in total. The van der Waals surface area contributed by atoms with Gasteiger partial charge >= 0.3 is 0 Å². The molecule has 1 aliphatic carbocycles. The normalized spacial score (nSPS) is 18.6. The molecule has 8 nitrogen and oxygen atoms in total. The van der Waals surface area contributed by atoms with Crippen molar-refractivity contribution in [3.8, 4) is 17.6 Å². The molecule has 4 rings (SSSR count). The first-order chi connectivity index (χ1) is 19.3. The minimum atomic E-state index is -0.557.